The number of benzene rings is 2. The molecule has 1 aromatic heterocycles. The Morgan fingerprint density at radius 3 is 2.28 bits per heavy atom. The van der Waals surface area contributed by atoms with Crippen molar-refractivity contribution >= 4 is 39.5 Å². The van der Waals surface area contributed by atoms with Gasteiger partial charge in [0.1, 0.15) is 5.82 Å². The molecule has 0 spiro atoms. The molecular formula is C44H63FN4O4S. The summed E-state index contributed by atoms with van der Waals surface area (Å²) < 4.78 is 18.7. The van der Waals surface area contributed by atoms with E-state index in [-0.39, 0.29) is 28.5 Å². The number of hydrogen-bond acceptors (Lipinski definition) is 8. The Labute approximate surface area is 327 Å². The van der Waals surface area contributed by atoms with Gasteiger partial charge in [0.15, 0.2) is 0 Å². The van der Waals surface area contributed by atoms with Crippen LogP contribution < -0.4 is 11.5 Å². The topological polar surface area (TPSA) is 129 Å². The molecule has 54 heavy (non-hydrogen) atoms. The van der Waals surface area contributed by atoms with E-state index >= 15 is 0 Å². The lowest BCUT2D eigenvalue weighted by Crippen LogP contribution is -2.35. The lowest BCUT2D eigenvalue weighted by molar-refractivity contribution is -0.139. The number of nitrogens with two attached hydrogens (primary N) is 2. The van der Waals surface area contributed by atoms with Crippen molar-refractivity contribution in [3.8, 4) is 0 Å². The first-order chi connectivity index (χ1) is 26.2. The fraction of sp³-hybridized carbons (Fsp3) is 0.500. The van der Waals surface area contributed by atoms with Gasteiger partial charge < -0.3 is 21.1 Å². The van der Waals surface area contributed by atoms with Gasteiger partial charge in [0.25, 0.3) is 5.91 Å². The molecule has 1 atom stereocenters. The average molecular weight is 763 g/mol. The normalized spacial score (nSPS) is 15.8. The van der Waals surface area contributed by atoms with Crippen molar-refractivity contribution < 1.29 is 23.5 Å². The number of pyridine rings is 1. The molecule has 10 heteroatoms. The van der Waals surface area contributed by atoms with E-state index in [1.807, 2.05) is 39.5 Å². The number of allylic oxidation sites excluding steroid dienone is 2. The fourth-order valence-electron chi connectivity index (χ4n) is 6.00. The predicted octanol–water partition coefficient (Wildman–Crippen LogP) is 9.79. The summed E-state index contributed by atoms with van der Waals surface area (Å²) in [6.07, 6.45) is 17.1. The van der Waals surface area contributed by atoms with E-state index in [1.54, 1.807) is 6.08 Å². The van der Waals surface area contributed by atoms with Crippen LogP contribution in [0.3, 0.4) is 0 Å². The quantitative estimate of drug-likeness (QED) is 0.112. The summed E-state index contributed by atoms with van der Waals surface area (Å²) in [6, 6.07) is 13.0. The van der Waals surface area contributed by atoms with Crippen LogP contribution in [0.15, 0.2) is 72.3 Å². The summed E-state index contributed by atoms with van der Waals surface area (Å²) in [5, 5.41) is 2.24. The first-order valence-corrected chi connectivity index (χ1v) is 20.8. The van der Waals surface area contributed by atoms with Gasteiger partial charge in [-0.1, -0.05) is 109 Å². The Morgan fingerprint density at radius 1 is 0.981 bits per heavy atom. The van der Waals surface area contributed by atoms with E-state index in [4.69, 9.17) is 16.2 Å². The molecule has 0 aliphatic carbocycles. The molecule has 2 saturated heterocycles. The van der Waals surface area contributed by atoms with Gasteiger partial charge in [-0.2, -0.15) is 0 Å². The Morgan fingerprint density at radius 2 is 1.69 bits per heavy atom. The molecule has 1 unspecified atom stereocenters. The molecule has 2 aromatic carbocycles. The van der Waals surface area contributed by atoms with Crippen molar-refractivity contribution in [2.24, 2.45) is 11.5 Å². The van der Waals surface area contributed by atoms with Gasteiger partial charge in [0.05, 0.1) is 23.8 Å². The highest BCUT2D eigenvalue weighted by Gasteiger charge is 2.28. The highest BCUT2D eigenvalue weighted by molar-refractivity contribution is 8.14. The number of carbonyl (C=O) groups is 3. The number of esters is 1. The number of aryl methyl sites for hydroxylation is 2. The summed E-state index contributed by atoms with van der Waals surface area (Å²) in [7, 11) is 0. The minimum absolute atomic E-state index is 0.0558. The molecule has 2 fully saturated rings. The molecular weight excluding hydrogens is 700 g/mol. The fourth-order valence-corrected chi connectivity index (χ4v) is 6.69. The van der Waals surface area contributed by atoms with Gasteiger partial charge in [-0.25, -0.2) is 4.39 Å². The van der Waals surface area contributed by atoms with Crippen LogP contribution in [0.25, 0.3) is 10.8 Å². The van der Waals surface area contributed by atoms with Gasteiger partial charge in [-0.3, -0.25) is 19.4 Å². The maximum absolute atomic E-state index is 13.7. The van der Waals surface area contributed by atoms with Crippen LogP contribution in [0, 0.1) is 5.82 Å². The molecule has 0 radical (unpaired) electrons. The Bertz CT molecular complexity index is 1680. The third kappa shape index (κ3) is 14.6. The Hall–Kier alpha value is -4.18. The molecule has 5 rings (SSSR count). The smallest absolute Gasteiger partial charge is 0.313 e. The van der Waals surface area contributed by atoms with Gasteiger partial charge in [-0.15, -0.1) is 0 Å². The molecule has 3 aromatic rings. The van der Waals surface area contributed by atoms with Crippen LogP contribution in [0.5, 0.6) is 0 Å². The molecule has 3 heterocycles. The standard InChI is InChI=1S/C18H20O2.C13H23N3O.C11H14FNOS.C2H6/c1-2-3-4-13-5-6-14-7-8-15(12-16(14)11-13)17-9-10-20-18(17)19;1-2-11(10-14)9-12(15)13(17)16-7-5-3-4-6-8-16;1-3-5-15-11(14)9-7-13-6-8(4-2)10(9)12;1-2/h5-8,11-12,17H,2-4,9-10H2,1H3;9-10H,2-8,14-15H2,1H3;6-7H,3-5H2,1-2H3;1-2H3/b;11-10-,12-9-;;. The second kappa shape index (κ2) is 25.8. The summed E-state index contributed by atoms with van der Waals surface area (Å²) in [4.78, 5) is 41.1. The second-order valence-electron chi connectivity index (χ2n) is 13.1. The predicted molar refractivity (Wildman–Crippen MR) is 223 cm³/mol. The van der Waals surface area contributed by atoms with Crippen LogP contribution in [0.2, 0.25) is 0 Å². The van der Waals surface area contributed by atoms with Gasteiger partial charge >= 0.3 is 5.97 Å². The minimum Gasteiger partial charge on any atom is -0.465 e. The van der Waals surface area contributed by atoms with Gasteiger partial charge in [0.2, 0.25) is 5.12 Å². The summed E-state index contributed by atoms with van der Waals surface area (Å²) >= 11 is 1.14. The largest absolute Gasteiger partial charge is 0.465 e. The highest BCUT2D eigenvalue weighted by atomic mass is 32.2. The third-order valence-corrected chi connectivity index (χ3v) is 10.3. The number of carbonyl (C=O) groups excluding carboxylic acids is 3. The van der Waals surface area contributed by atoms with Gasteiger partial charge in [0, 0.05) is 36.8 Å². The minimum atomic E-state index is -0.416. The second-order valence-corrected chi connectivity index (χ2v) is 14.2. The van der Waals surface area contributed by atoms with E-state index in [2.05, 4.69) is 48.3 Å². The summed E-state index contributed by atoms with van der Waals surface area (Å²) in [5.41, 5.74) is 15.5. The first kappa shape index (κ1) is 46.0. The number of aromatic nitrogens is 1. The molecule has 8 nitrogen and oxygen atoms in total. The van der Waals surface area contributed by atoms with Crippen LogP contribution in [0.1, 0.15) is 132 Å². The van der Waals surface area contributed by atoms with E-state index in [0.717, 1.165) is 74.5 Å². The van der Waals surface area contributed by atoms with Crippen molar-refractivity contribution in [1.82, 2.24) is 9.88 Å². The van der Waals surface area contributed by atoms with Crippen LogP contribution in [-0.4, -0.2) is 52.3 Å². The zero-order chi connectivity index (χ0) is 39.9. The SMILES string of the molecule is CC.CCC(=C/N)/C=C(\N)C(=O)N1CCCCCC1.CCCCc1ccc2ccc(C3CCOC3=O)cc2c1.CCCSC(=O)c1cncc(CC)c1F. The Balaban J connectivity index is 0.000000277. The number of fused-ring (bicyclic) bond motifs is 1. The molecule has 0 saturated carbocycles. The number of rotatable bonds is 11. The molecule has 2 aliphatic heterocycles. The molecule has 296 valence electrons. The number of ether oxygens (including phenoxy) is 1. The lowest BCUT2D eigenvalue weighted by atomic mass is 9.94. The zero-order valence-electron chi connectivity index (χ0n) is 33.4. The zero-order valence-corrected chi connectivity index (χ0v) is 34.2. The third-order valence-electron chi connectivity index (χ3n) is 9.18. The number of unbranched alkanes of at least 4 members (excludes halogenated alkanes) is 1. The number of cyclic esters (lactones) is 1. The number of thioether (sulfide) groups is 1. The monoisotopic (exact) mass is 762 g/mol. The van der Waals surface area contributed by atoms with E-state index in [9.17, 15) is 18.8 Å². The van der Waals surface area contributed by atoms with Crippen molar-refractivity contribution in [2.45, 2.75) is 118 Å². The first-order valence-electron chi connectivity index (χ1n) is 19.8. The average Bonchev–Trinajstić information content (AvgIpc) is 3.45. The van der Waals surface area contributed by atoms with Gasteiger partial charge in [-0.05, 0) is 91.1 Å². The van der Waals surface area contributed by atoms with Crippen LogP contribution >= 0.6 is 11.8 Å². The van der Waals surface area contributed by atoms with Crippen molar-refractivity contribution in [3.05, 3.63) is 100 Å². The molecule has 0 bridgehead atoms. The van der Waals surface area contributed by atoms with E-state index < -0.39 is 5.82 Å². The highest BCUT2D eigenvalue weighted by Crippen LogP contribution is 2.29. The number of halogens is 1. The van der Waals surface area contributed by atoms with Crippen molar-refractivity contribution in [3.63, 3.8) is 0 Å². The maximum atomic E-state index is 13.7. The maximum Gasteiger partial charge on any atom is 0.313 e. The van der Waals surface area contributed by atoms with Crippen LogP contribution in [0.4, 0.5) is 4.39 Å². The summed E-state index contributed by atoms with van der Waals surface area (Å²) in [6.45, 7) is 14.2. The molecule has 4 N–H and O–H groups in total. The molecule has 2 aliphatic rings. The molecule has 1 amide bonds. The van der Waals surface area contributed by atoms with Crippen molar-refractivity contribution in [2.75, 3.05) is 25.4 Å². The lowest BCUT2D eigenvalue weighted by Gasteiger charge is -2.20. The van der Waals surface area contributed by atoms with E-state index in [0.29, 0.717) is 30.0 Å². The Kier molecular flexibility index (Phi) is 21.9. The number of nitrogens with zero attached hydrogens (tertiary/aromatic N) is 2. The van der Waals surface area contributed by atoms with Crippen LogP contribution in [-0.2, 0) is 27.2 Å². The number of likely N-dealkylation sites (tertiary alicyclic amines) is 1. The van der Waals surface area contributed by atoms with E-state index in [1.165, 1.54) is 60.6 Å². The number of amides is 1. The van der Waals surface area contributed by atoms with Crippen molar-refractivity contribution in [1.29, 1.82) is 0 Å². The number of hydrogen-bond donors (Lipinski definition) is 2. The summed E-state index contributed by atoms with van der Waals surface area (Å²) in [5.74, 6) is 0.0974.